The third-order valence-corrected chi connectivity index (χ3v) is 2.02. The summed E-state index contributed by atoms with van der Waals surface area (Å²) in [6.07, 6.45) is -0.203. The van der Waals surface area contributed by atoms with Crippen molar-refractivity contribution in [2.45, 2.75) is 39.3 Å². The summed E-state index contributed by atoms with van der Waals surface area (Å²) in [5, 5.41) is 3.28. The SMILES string of the molecule is C[C@H]1CN(C(=O)OC(C)(C)C)CCN1.[HH]. The van der Waals surface area contributed by atoms with Gasteiger partial charge in [0.1, 0.15) is 5.60 Å². The maximum atomic E-state index is 11.6. The van der Waals surface area contributed by atoms with E-state index in [-0.39, 0.29) is 7.52 Å². The van der Waals surface area contributed by atoms with E-state index in [9.17, 15) is 4.79 Å². The summed E-state index contributed by atoms with van der Waals surface area (Å²) in [4.78, 5) is 13.4. The first kappa shape index (κ1) is 11.3. The van der Waals surface area contributed by atoms with Crippen LogP contribution >= 0.6 is 0 Å². The molecule has 0 aliphatic carbocycles. The molecule has 14 heavy (non-hydrogen) atoms. The third-order valence-electron chi connectivity index (χ3n) is 2.02. The van der Waals surface area contributed by atoms with E-state index in [1.807, 2.05) is 20.8 Å². The Morgan fingerprint density at radius 1 is 1.57 bits per heavy atom. The molecule has 1 rings (SSSR count). The minimum Gasteiger partial charge on any atom is -0.444 e. The average molecular weight is 202 g/mol. The van der Waals surface area contributed by atoms with E-state index in [4.69, 9.17) is 4.74 Å². The van der Waals surface area contributed by atoms with Gasteiger partial charge in [-0.2, -0.15) is 0 Å². The van der Waals surface area contributed by atoms with E-state index in [0.717, 1.165) is 19.6 Å². The fraction of sp³-hybridized carbons (Fsp3) is 0.900. The van der Waals surface area contributed by atoms with Crippen molar-refractivity contribution in [3.63, 3.8) is 0 Å². The topological polar surface area (TPSA) is 41.6 Å². The van der Waals surface area contributed by atoms with E-state index in [1.54, 1.807) is 4.90 Å². The minimum absolute atomic E-state index is 0. The molecule has 1 aliphatic heterocycles. The molecule has 1 atom stereocenters. The molecule has 1 amide bonds. The van der Waals surface area contributed by atoms with Gasteiger partial charge in [-0.1, -0.05) is 0 Å². The Labute approximate surface area is 87.1 Å². The average Bonchev–Trinajstić information content (AvgIpc) is 2.01. The molecule has 4 heteroatoms. The maximum absolute atomic E-state index is 11.6. The molecule has 0 radical (unpaired) electrons. The Morgan fingerprint density at radius 2 is 2.21 bits per heavy atom. The standard InChI is InChI=1S/C10H20N2O2.H2/c1-8-7-12(6-5-11-8)9(13)14-10(2,3)4;/h8,11H,5-7H2,1-4H3;1H/t8-;/m0./s1. The molecule has 0 aromatic rings. The highest BCUT2D eigenvalue weighted by molar-refractivity contribution is 5.68. The molecule has 0 bridgehead atoms. The highest BCUT2D eigenvalue weighted by Gasteiger charge is 2.25. The van der Waals surface area contributed by atoms with Gasteiger partial charge in [-0.05, 0) is 27.7 Å². The van der Waals surface area contributed by atoms with Crippen LogP contribution in [-0.2, 0) is 4.74 Å². The summed E-state index contributed by atoms with van der Waals surface area (Å²) in [7, 11) is 0. The highest BCUT2D eigenvalue weighted by Crippen LogP contribution is 2.11. The minimum atomic E-state index is -0.398. The third kappa shape index (κ3) is 3.54. The highest BCUT2D eigenvalue weighted by atomic mass is 16.6. The monoisotopic (exact) mass is 202 g/mol. The number of rotatable bonds is 0. The van der Waals surface area contributed by atoms with Crippen LogP contribution in [0.4, 0.5) is 4.79 Å². The number of nitrogens with one attached hydrogen (secondary N) is 1. The number of hydrogen-bond acceptors (Lipinski definition) is 3. The van der Waals surface area contributed by atoms with Gasteiger partial charge in [0.25, 0.3) is 0 Å². The van der Waals surface area contributed by atoms with Crippen LogP contribution in [0, 0.1) is 0 Å². The van der Waals surface area contributed by atoms with Crippen molar-refractivity contribution in [3.8, 4) is 0 Å². The Bertz CT molecular complexity index is 216. The van der Waals surface area contributed by atoms with Gasteiger partial charge in [0.05, 0.1) is 0 Å². The number of carbonyl (C=O) groups is 1. The second-order valence-electron chi connectivity index (χ2n) is 4.78. The van der Waals surface area contributed by atoms with Crippen molar-refractivity contribution in [3.05, 3.63) is 0 Å². The summed E-state index contributed by atoms with van der Waals surface area (Å²) in [6, 6.07) is 0.358. The summed E-state index contributed by atoms with van der Waals surface area (Å²) in [5.41, 5.74) is -0.398. The van der Waals surface area contributed by atoms with Crippen LogP contribution in [0.3, 0.4) is 0 Å². The van der Waals surface area contributed by atoms with Gasteiger partial charge in [0.2, 0.25) is 0 Å². The number of carbonyl (C=O) groups excluding carboxylic acids is 1. The van der Waals surface area contributed by atoms with Crippen molar-refractivity contribution in [2.24, 2.45) is 0 Å². The Hall–Kier alpha value is -0.770. The zero-order chi connectivity index (χ0) is 10.8. The Kier molecular flexibility index (Phi) is 3.37. The maximum Gasteiger partial charge on any atom is 0.410 e. The zero-order valence-electron chi connectivity index (χ0n) is 9.46. The summed E-state index contributed by atoms with van der Waals surface area (Å²) >= 11 is 0. The summed E-state index contributed by atoms with van der Waals surface area (Å²) in [6.45, 7) is 10.0. The molecule has 1 N–H and O–H groups in total. The lowest BCUT2D eigenvalue weighted by Gasteiger charge is -2.33. The second kappa shape index (κ2) is 4.17. The number of piperazine rings is 1. The summed E-state index contributed by atoms with van der Waals surface area (Å²) in [5.74, 6) is 0. The van der Waals surface area contributed by atoms with Crippen molar-refractivity contribution in [1.82, 2.24) is 10.2 Å². The van der Waals surface area contributed by atoms with E-state index in [1.165, 1.54) is 0 Å². The largest absolute Gasteiger partial charge is 0.444 e. The molecule has 0 aromatic heterocycles. The number of ether oxygens (including phenoxy) is 1. The van der Waals surface area contributed by atoms with Gasteiger partial charge in [-0.3, -0.25) is 0 Å². The molecule has 0 saturated carbocycles. The quantitative estimate of drug-likeness (QED) is 0.646. The van der Waals surface area contributed by atoms with Crippen molar-refractivity contribution in [1.29, 1.82) is 0 Å². The predicted octanol–water partition coefficient (Wildman–Crippen LogP) is 1.46. The lowest BCUT2D eigenvalue weighted by atomic mass is 10.2. The number of amides is 1. The van der Waals surface area contributed by atoms with Crippen molar-refractivity contribution < 1.29 is 11.0 Å². The van der Waals surface area contributed by atoms with Gasteiger partial charge >= 0.3 is 6.09 Å². The van der Waals surface area contributed by atoms with E-state index >= 15 is 0 Å². The fourth-order valence-corrected chi connectivity index (χ4v) is 1.42. The van der Waals surface area contributed by atoms with Crippen LogP contribution in [0.2, 0.25) is 0 Å². The van der Waals surface area contributed by atoms with Gasteiger partial charge in [-0.15, -0.1) is 0 Å². The van der Waals surface area contributed by atoms with Gasteiger partial charge in [0.15, 0.2) is 0 Å². The molecule has 1 saturated heterocycles. The normalized spacial score (nSPS) is 23.4. The first-order chi connectivity index (χ1) is 6.38. The lowest BCUT2D eigenvalue weighted by Crippen LogP contribution is -2.52. The molecule has 4 nitrogen and oxygen atoms in total. The molecule has 1 heterocycles. The van der Waals surface area contributed by atoms with E-state index < -0.39 is 5.60 Å². The number of hydrogen-bond donors (Lipinski definition) is 1. The molecule has 1 aliphatic rings. The molecule has 0 spiro atoms. The molecule has 0 aromatic carbocycles. The molecule has 1 fully saturated rings. The lowest BCUT2D eigenvalue weighted by molar-refractivity contribution is 0.0201. The Balaban J connectivity index is 0.00000196. The van der Waals surface area contributed by atoms with Crippen LogP contribution in [0.1, 0.15) is 29.1 Å². The van der Waals surface area contributed by atoms with Crippen LogP contribution in [0.25, 0.3) is 0 Å². The van der Waals surface area contributed by atoms with Crippen molar-refractivity contribution in [2.75, 3.05) is 19.6 Å². The fourth-order valence-electron chi connectivity index (χ4n) is 1.42. The van der Waals surface area contributed by atoms with E-state index in [2.05, 4.69) is 12.2 Å². The van der Waals surface area contributed by atoms with Gasteiger partial charge in [-0.25, -0.2) is 4.79 Å². The second-order valence-corrected chi connectivity index (χ2v) is 4.78. The van der Waals surface area contributed by atoms with Gasteiger partial charge < -0.3 is 15.0 Å². The van der Waals surface area contributed by atoms with Crippen LogP contribution in [-0.4, -0.2) is 42.3 Å². The summed E-state index contributed by atoms with van der Waals surface area (Å²) < 4.78 is 5.28. The Morgan fingerprint density at radius 3 is 2.71 bits per heavy atom. The van der Waals surface area contributed by atoms with Crippen LogP contribution in [0.15, 0.2) is 0 Å². The van der Waals surface area contributed by atoms with Crippen LogP contribution < -0.4 is 5.32 Å². The van der Waals surface area contributed by atoms with Gasteiger partial charge in [0, 0.05) is 27.1 Å². The molecular formula is C10H22N2O2. The zero-order valence-corrected chi connectivity index (χ0v) is 9.46. The first-order valence-electron chi connectivity index (χ1n) is 5.10. The smallest absolute Gasteiger partial charge is 0.410 e. The first-order valence-corrected chi connectivity index (χ1v) is 5.10. The molecule has 84 valence electrons. The molecular weight excluding hydrogens is 180 g/mol. The molecule has 0 unspecified atom stereocenters. The predicted molar refractivity (Wildman–Crippen MR) is 57.4 cm³/mol. The van der Waals surface area contributed by atoms with Crippen molar-refractivity contribution >= 4 is 6.09 Å². The number of nitrogens with zero attached hydrogens (tertiary/aromatic N) is 1. The van der Waals surface area contributed by atoms with E-state index in [0.29, 0.717) is 6.04 Å². The van der Waals surface area contributed by atoms with Crippen LogP contribution in [0.5, 0.6) is 0 Å².